The van der Waals surface area contributed by atoms with E-state index in [0.29, 0.717) is 26.1 Å². The van der Waals surface area contributed by atoms with E-state index in [2.05, 4.69) is 29.2 Å². The molecule has 0 saturated carbocycles. The highest BCUT2D eigenvalue weighted by atomic mass is 16.5. The molecule has 2 aromatic carbocycles. The number of aliphatic hydroxyl groups excluding tert-OH is 1. The molecule has 0 spiro atoms. The Morgan fingerprint density at radius 2 is 2.03 bits per heavy atom. The number of nitrogens with two attached hydrogens (primary N) is 1. The van der Waals surface area contributed by atoms with Gasteiger partial charge in [-0.1, -0.05) is 36.4 Å². The zero-order valence-corrected chi connectivity index (χ0v) is 17.1. The molecule has 3 N–H and O–H groups in total. The number of rotatable bonds is 10. The molecule has 156 valence electrons. The van der Waals surface area contributed by atoms with Crippen molar-refractivity contribution in [1.29, 1.82) is 0 Å². The third-order valence-electron chi connectivity index (χ3n) is 5.21. The van der Waals surface area contributed by atoms with Crippen LogP contribution in [0, 0.1) is 0 Å². The summed E-state index contributed by atoms with van der Waals surface area (Å²) in [6.45, 7) is 4.03. The van der Waals surface area contributed by atoms with E-state index in [1.165, 1.54) is 11.1 Å². The van der Waals surface area contributed by atoms with E-state index in [1.807, 2.05) is 36.2 Å². The molecule has 1 aliphatic heterocycles. The highest BCUT2D eigenvalue weighted by Gasteiger charge is 2.18. The van der Waals surface area contributed by atoms with Gasteiger partial charge in [0, 0.05) is 39.1 Å². The van der Waals surface area contributed by atoms with E-state index in [0.717, 1.165) is 30.8 Å². The number of nitrogens with zero attached hydrogens (tertiary/aromatic N) is 2. The van der Waals surface area contributed by atoms with Crippen LogP contribution < -0.4 is 10.5 Å². The lowest BCUT2D eigenvalue weighted by molar-refractivity contribution is -0.118. The van der Waals surface area contributed by atoms with Crippen molar-refractivity contribution >= 4 is 5.91 Å². The van der Waals surface area contributed by atoms with Crippen LogP contribution in [0.4, 0.5) is 0 Å². The van der Waals surface area contributed by atoms with Crippen LogP contribution in [-0.2, 0) is 24.3 Å². The summed E-state index contributed by atoms with van der Waals surface area (Å²) < 4.78 is 5.83. The summed E-state index contributed by atoms with van der Waals surface area (Å²) in [6, 6.07) is 16.3. The molecule has 6 nitrogen and oxygen atoms in total. The van der Waals surface area contributed by atoms with Gasteiger partial charge in [0.25, 0.3) is 0 Å². The van der Waals surface area contributed by atoms with Crippen LogP contribution >= 0.6 is 0 Å². The first-order valence-electron chi connectivity index (χ1n) is 10.2. The first-order valence-corrected chi connectivity index (χ1v) is 10.2. The Morgan fingerprint density at radius 1 is 1.24 bits per heavy atom. The third kappa shape index (κ3) is 6.85. The van der Waals surface area contributed by atoms with Crippen LogP contribution in [-0.4, -0.2) is 60.2 Å². The van der Waals surface area contributed by atoms with Crippen molar-refractivity contribution in [1.82, 2.24) is 9.80 Å². The summed E-state index contributed by atoms with van der Waals surface area (Å²) in [4.78, 5) is 15.2. The monoisotopic (exact) mass is 397 g/mol. The highest BCUT2D eigenvalue weighted by molar-refractivity contribution is 5.73. The van der Waals surface area contributed by atoms with E-state index in [-0.39, 0.29) is 12.5 Å². The number of benzene rings is 2. The molecule has 1 atom stereocenters. The van der Waals surface area contributed by atoms with Gasteiger partial charge >= 0.3 is 0 Å². The molecule has 0 saturated heterocycles. The molecular formula is C23H31N3O3. The van der Waals surface area contributed by atoms with E-state index in [9.17, 15) is 9.90 Å². The lowest BCUT2D eigenvalue weighted by atomic mass is 10.00. The zero-order chi connectivity index (χ0) is 20.6. The molecule has 0 aliphatic carbocycles. The minimum Gasteiger partial charge on any atom is -0.491 e. The maximum absolute atomic E-state index is 10.9. The number of β-amino-alcohol motifs (C(OH)–C–C–N with tert-alkyl or cyclic N) is 1. The van der Waals surface area contributed by atoms with Crippen LogP contribution in [0.1, 0.15) is 23.1 Å². The maximum Gasteiger partial charge on any atom is 0.218 e. The summed E-state index contributed by atoms with van der Waals surface area (Å²) in [6.07, 6.45) is 0.830. The molecule has 2 aromatic rings. The topological polar surface area (TPSA) is 79.0 Å². The van der Waals surface area contributed by atoms with Crippen LogP contribution in [0.5, 0.6) is 5.75 Å². The standard InChI is InChI=1S/C23H31N3O3/c1-25(11-10-23(24)28)14-18-5-4-8-22(13-18)29-17-21(27)16-26-12-9-19-6-2-3-7-20(19)15-26/h2-8,13,21,27H,9-12,14-17H2,1H3,(H2,24,28). The van der Waals surface area contributed by atoms with Crippen molar-refractivity contribution in [2.45, 2.75) is 32.0 Å². The minimum atomic E-state index is -0.540. The third-order valence-corrected chi connectivity index (χ3v) is 5.21. The van der Waals surface area contributed by atoms with Crippen molar-refractivity contribution in [2.75, 3.05) is 33.3 Å². The second kappa shape index (κ2) is 10.4. The van der Waals surface area contributed by atoms with Crippen LogP contribution in [0.25, 0.3) is 0 Å². The van der Waals surface area contributed by atoms with Gasteiger partial charge in [-0.2, -0.15) is 0 Å². The van der Waals surface area contributed by atoms with Crippen LogP contribution in [0.15, 0.2) is 48.5 Å². The number of ether oxygens (including phenoxy) is 1. The van der Waals surface area contributed by atoms with Gasteiger partial charge < -0.3 is 20.5 Å². The molecule has 6 heteroatoms. The van der Waals surface area contributed by atoms with Gasteiger partial charge in [0.1, 0.15) is 18.5 Å². The molecule has 1 amide bonds. The molecule has 0 fully saturated rings. The van der Waals surface area contributed by atoms with Gasteiger partial charge in [-0.3, -0.25) is 9.69 Å². The van der Waals surface area contributed by atoms with Gasteiger partial charge in [-0.15, -0.1) is 0 Å². The van der Waals surface area contributed by atoms with Crippen molar-refractivity contribution < 1.29 is 14.6 Å². The Labute approximate surface area is 172 Å². The van der Waals surface area contributed by atoms with Gasteiger partial charge in [-0.05, 0) is 42.3 Å². The predicted octanol–water partition coefficient (Wildman–Crippen LogP) is 1.79. The first-order chi connectivity index (χ1) is 14.0. The summed E-state index contributed by atoms with van der Waals surface area (Å²) in [5.41, 5.74) is 9.05. The Kier molecular flexibility index (Phi) is 7.63. The molecule has 1 heterocycles. The SMILES string of the molecule is CN(CCC(N)=O)Cc1cccc(OCC(O)CN2CCc3ccccc3C2)c1. The van der Waals surface area contributed by atoms with E-state index < -0.39 is 6.10 Å². The predicted molar refractivity (Wildman–Crippen MR) is 114 cm³/mol. The number of hydrogen-bond acceptors (Lipinski definition) is 5. The fourth-order valence-corrected chi connectivity index (χ4v) is 3.68. The van der Waals surface area contributed by atoms with Gasteiger partial charge in [-0.25, -0.2) is 0 Å². The Bertz CT molecular complexity index is 811. The van der Waals surface area contributed by atoms with E-state index >= 15 is 0 Å². The van der Waals surface area contributed by atoms with Crippen molar-refractivity contribution in [3.05, 3.63) is 65.2 Å². The number of aliphatic hydroxyl groups is 1. The fraction of sp³-hybridized carbons (Fsp3) is 0.435. The number of carbonyl (C=O) groups excluding carboxylic acids is 1. The molecule has 1 aliphatic rings. The molecule has 0 aromatic heterocycles. The van der Waals surface area contributed by atoms with Gasteiger partial charge in [0.15, 0.2) is 0 Å². The van der Waals surface area contributed by atoms with Crippen LogP contribution in [0.2, 0.25) is 0 Å². The van der Waals surface area contributed by atoms with Gasteiger partial charge in [0.2, 0.25) is 5.91 Å². The fourth-order valence-electron chi connectivity index (χ4n) is 3.68. The van der Waals surface area contributed by atoms with Crippen LogP contribution in [0.3, 0.4) is 0 Å². The number of amides is 1. The number of carbonyl (C=O) groups is 1. The molecule has 29 heavy (non-hydrogen) atoms. The van der Waals surface area contributed by atoms with Gasteiger partial charge in [0.05, 0.1) is 0 Å². The molecule has 1 unspecified atom stereocenters. The minimum absolute atomic E-state index is 0.263. The van der Waals surface area contributed by atoms with Crippen molar-refractivity contribution in [2.24, 2.45) is 5.73 Å². The number of primary amides is 1. The quantitative estimate of drug-likeness (QED) is 0.639. The Balaban J connectivity index is 1.44. The molecule has 0 radical (unpaired) electrons. The second-order valence-corrected chi connectivity index (χ2v) is 7.82. The molecular weight excluding hydrogens is 366 g/mol. The summed E-state index contributed by atoms with van der Waals surface area (Å²) in [5.74, 6) is 0.453. The largest absolute Gasteiger partial charge is 0.491 e. The number of hydrogen-bond donors (Lipinski definition) is 2. The van der Waals surface area contributed by atoms with E-state index in [4.69, 9.17) is 10.5 Å². The zero-order valence-electron chi connectivity index (χ0n) is 17.1. The maximum atomic E-state index is 10.9. The van der Waals surface area contributed by atoms with Crippen molar-refractivity contribution in [3.8, 4) is 5.75 Å². The summed E-state index contributed by atoms with van der Waals surface area (Å²) in [5, 5.41) is 10.4. The Morgan fingerprint density at radius 3 is 2.83 bits per heavy atom. The summed E-state index contributed by atoms with van der Waals surface area (Å²) in [7, 11) is 1.96. The lowest BCUT2D eigenvalue weighted by Gasteiger charge is -2.30. The second-order valence-electron chi connectivity index (χ2n) is 7.82. The average Bonchev–Trinajstić information content (AvgIpc) is 2.71. The first kappa shape index (κ1) is 21.3. The summed E-state index contributed by atoms with van der Waals surface area (Å²) >= 11 is 0. The highest BCUT2D eigenvalue weighted by Crippen LogP contribution is 2.19. The smallest absolute Gasteiger partial charge is 0.218 e. The Hall–Kier alpha value is -2.41. The van der Waals surface area contributed by atoms with E-state index in [1.54, 1.807) is 0 Å². The van der Waals surface area contributed by atoms with Crippen molar-refractivity contribution in [3.63, 3.8) is 0 Å². The number of fused-ring (bicyclic) bond motifs is 1. The normalized spacial score (nSPS) is 15.1. The average molecular weight is 398 g/mol. The molecule has 3 rings (SSSR count). The molecule has 0 bridgehead atoms. The lowest BCUT2D eigenvalue weighted by Crippen LogP contribution is -2.38.